The van der Waals surface area contributed by atoms with Gasteiger partial charge >= 0.3 is 5.97 Å². The van der Waals surface area contributed by atoms with Gasteiger partial charge in [0.25, 0.3) is 11.6 Å². The number of nitro groups is 1. The molecule has 0 fully saturated rings. The number of carbonyl (C=O) groups is 5. The van der Waals surface area contributed by atoms with E-state index < -0.39 is 59.1 Å². The largest absolute Gasteiger partial charge is 0.481 e. The number of non-ortho nitro benzene ring substituents is 1. The summed E-state index contributed by atoms with van der Waals surface area (Å²) in [7, 11) is 0. The standard InChI is InChI=1S/C21H28N6O8S/c22-8-2-1-3-13-20(32)26-15(18(23)30)10-36-16-6-4-11(27(34)35)9-12(16)19(31)24-14(21(33)25-13)5-7-17(28)29/h4,6,9,13-15H,1-3,5,7-8,10,22H2,(H2,23,30)(H,24,31)(H,25,33)(H,26,32)(H,28,29)/t13-,14-,15+/m0/s1. The molecule has 15 heteroatoms. The number of rotatable bonds is 9. The zero-order valence-corrected chi connectivity index (χ0v) is 20.0. The fraction of sp³-hybridized carbons (Fsp3) is 0.476. The van der Waals surface area contributed by atoms with Gasteiger partial charge in [0.1, 0.15) is 18.1 Å². The maximum atomic E-state index is 13.1. The Balaban J connectivity index is 2.50. The van der Waals surface area contributed by atoms with Crippen molar-refractivity contribution in [2.75, 3.05) is 12.3 Å². The van der Waals surface area contributed by atoms with Crippen molar-refractivity contribution >= 4 is 47.0 Å². The molecule has 0 radical (unpaired) electrons. The number of unbranched alkanes of at least 4 members (excludes halogenated alkanes) is 1. The summed E-state index contributed by atoms with van der Waals surface area (Å²) in [4.78, 5) is 73.0. The first-order valence-corrected chi connectivity index (χ1v) is 12.1. The van der Waals surface area contributed by atoms with Crippen LogP contribution >= 0.6 is 11.8 Å². The van der Waals surface area contributed by atoms with Gasteiger partial charge in [-0.25, -0.2) is 0 Å². The second-order valence-corrected chi connectivity index (χ2v) is 9.08. The molecule has 1 aromatic rings. The lowest BCUT2D eigenvalue weighted by atomic mass is 10.1. The predicted octanol–water partition coefficient (Wildman–Crippen LogP) is -0.752. The van der Waals surface area contributed by atoms with Gasteiger partial charge in [-0.05, 0) is 38.3 Å². The zero-order chi connectivity index (χ0) is 26.8. The minimum atomic E-state index is -1.36. The Kier molecular flexibility index (Phi) is 10.6. The van der Waals surface area contributed by atoms with Gasteiger partial charge in [0.05, 0.1) is 10.5 Å². The number of thioether (sulfide) groups is 1. The minimum Gasteiger partial charge on any atom is -0.481 e. The quantitative estimate of drug-likeness (QED) is 0.134. The third kappa shape index (κ3) is 8.20. The molecule has 0 aliphatic carbocycles. The maximum absolute atomic E-state index is 13.1. The van der Waals surface area contributed by atoms with E-state index in [1.54, 1.807) is 0 Å². The summed E-state index contributed by atoms with van der Waals surface area (Å²) in [6.45, 7) is 0.352. The van der Waals surface area contributed by atoms with E-state index >= 15 is 0 Å². The summed E-state index contributed by atoms with van der Waals surface area (Å²) >= 11 is 0.959. The van der Waals surface area contributed by atoms with Crippen LogP contribution < -0.4 is 27.4 Å². The van der Waals surface area contributed by atoms with Crippen molar-refractivity contribution in [2.45, 2.75) is 55.1 Å². The first-order chi connectivity index (χ1) is 17.0. The third-order valence-corrected chi connectivity index (χ3v) is 6.50. The Morgan fingerprint density at radius 3 is 2.36 bits per heavy atom. The van der Waals surface area contributed by atoms with E-state index in [0.717, 1.165) is 23.9 Å². The molecule has 0 aromatic heterocycles. The molecule has 0 saturated heterocycles. The second-order valence-electron chi connectivity index (χ2n) is 8.02. The number of aliphatic carboxylic acids is 1. The van der Waals surface area contributed by atoms with Gasteiger partial charge < -0.3 is 32.5 Å². The zero-order valence-electron chi connectivity index (χ0n) is 19.2. The monoisotopic (exact) mass is 524 g/mol. The smallest absolute Gasteiger partial charge is 0.303 e. The summed E-state index contributed by atoms with van der Waals surface area (Å²) < 4.78 is 0. The number of nitrogens with zero attached hydrogens (tertiary/aromatic N) is 1. The number of carboxylic acid groups (broad SMARTS) is 1. The Labute approximate surface area is 210 Å². The van der Waals surface area contributed by atoms with Gasteiger partial charge in [0.15, 0.2) is 0 Å². The van der Waals surface area contributed by atoms with E-state index in [2.05, 4.69) is 16.0 Å². The van der Waals surface area contributed by atoms with Gasteiger partial charge in [-0.1, -0.05) is 0 Å². The van der Waals surface area contributed by atoms with Crippen molar-refractivity contribution in [3.8, 4) is 0 Å². The number of nitrogens with two attached hydrogens (primary N) is 2. The number of fused-ring (bicyclic) bond motifs is 1. The molecule has 1 aliphatic rings. The number of nitrogens with one attached hydrogen (secondary N) is 3. The molecule has 1 aliphatic heterocycles. The van der Waals surface area contributed by atoms with E-state index in [1.165, 1.54) is 6.07 Å². The number of hydrogen-bond donors (Lipinski definition) is 6. The van der Waals surface area contributed by atoms with Crippen LogP contribution in [0.1, 0.15) is 42.5 Å². The van der Waals surface area contributed by atoms with Crippen LogP contribution in [0.15, 0.2) is 23.1 Å². The lowest BCUT2D eigenvalue weighted by Crippen LogP contribution is -2.56. The second kappa shape index (κ2) is 13.4. The number of nitro benzene ring substituents is 1. The first kappa shape index (κ1) is 28.5. The average molecular weight is 525 g/mol. The molecule has 3 atom stereocenters. The Morgan fingerprint density at radius 1 is 1.08 bits per heavy atom. The van der Waals surface area contributed by atoms with Crippen LogP contribution in [0.4, 0.5) is 5.69 Å². The van der Waals surface area contributed by atoms with Crippen molar-refractivity contribution in [1.29, 1.82) is 0 Å². The molecular formula is C21H28N6O8S. The lowest BCUT2D eigenvalue weighted by Gasteiger charge is -2.24. The fourth-order valence-corrected chi connectivity index (χ4v) is 4.45. The van der Waals surface area contributed by atoms with E-state index in [1.807, 2.05) is 0 Å². The number of benzene rings is 1. The molecule has 0 bridgehead atoms. The van der Waals surface area contributed by atoms with Gasteiger partial charge in [-0.3, -0.25) is 34.1 Å². The van der Waals surface area contributed by atoms with Crippen LogP contribution in [0.3, 0.4) is 0 Å². The number of hydrogen-bond acceptors (Lipinski definition) is 9. The molecule has 0 saturated carbocycles. The van der Waals surface area contributed by atoms with E-state index in [4.69, 9.17) is 16.6 Å². The van der Waals surface area contributed by atoms with Crippen LogP contribution in [0.5, 0.6) is 0 Å². The summed E-state index contributed by atoms with van der Waals surface area (Å²) in [5.74, 6) is -4.53. The van der Waals surface area contributed by atoms with Gasteiger partial charge in [0, 0.05) is 29.2 Å². The molecule has 4 amide bonds. The summed E-state index contributed by atoms with van der Waals surface area (Å²) in [6, 6.07) is -0.161. The SMILES string of the molecule is NCCCC[C@@H]1NC(=O)[C@H](CCC(=O)O)NC(=O)c2cc([N+](=O)[O-])ccc2SC[C@H](C(N)=O)NC1=O. The lowest BCUT2D eigenvalue weighted by molar-refractivity contribution is -0.384. The topological polar surface area (TPSA) is 237 Å². The summed E-state index contributed by atoms with van der Waals surface area (Å²) in [5.41, 5.74) is 10.4. The molecule has 14 nitrogen and oxygen atoms in total. The highest BCUT2D eigenvalue weighted by molar-refractivity contribution is 7.99. The van der Waals surface area contributed by atoms with Crippen LogP contribution in [0.25, 0.3) is 0 Å². The summed E-state index contributed by atoms with van der Waals surface area (Å²) in [5, 5.41) is 27.8. The van der Waals surface area contributed by atoms with Gasteiger partial charge in [-0.15, -0.1) is 11.8 Å². The maximum Gasteiger partial charge on any atom is 0.303 e. The van der Waals surface area contributed by atoms with Crippen molar-refractivity contribution in [3.63, 3.8) is 0 Å². The normalized spacial score (nSPS) is 20.9. The van der Waals surface area contributed by atoms with E-state index in [0.29, 0.717) is 19.4 Å². The summed E-state index contributed by atoms with van der Waals surface area (Å²) in [6.07, 6.45) is 0.418. The molecule has 0 spiro atoms. The Bertz CT molecular complexity index is 1040. The fourth-order valence-electron chi connectivity index (χ4n) is 3.38. The third-order valence-electron chi connectivity index (χ3n) is 5.33. The number of carboxylic acids is 1. The molecule has 36 heavy (non-hydrogen) atoms. The van der Waals surface area contributed by atoms with Crippen LogP contribution in [0, 0.1) is 10.1 Å². The van der Waals surface area contributed by atoms with Gasteiger partial charge in [-0.2, -0.15) is 0 Å². The molecular weight excluding hydrogens is 496 g/mol. The first-order valence-electron chi connectivity index (χ1n) is 11.1. The van der Waals surface area contributed by atoms with Crippen LogP contribution in [-0.4, -0.2) is 70.1 Å². The minimum absolute atomic E-state index is 0.0922. The Morgan fingerprint density at radius 2 is 1.75 bits per heavy atom. The van der Waals surface area contributed by atoms with Crippen molar-refractivity contribution in [2.24, 2.45) is 11.5 Å². The molecule has 8 N–H and O–H groups in total. The molecule has 0 unspecified atom stereocenters. The highest BCUT2D eigenvalue weighted by Gasteiger charge is 2.31. The molecule has 1 aromatic carbocycles. The van der Waals surface area contributed by atoms with Crippen LogP contribution in [0.2, 0.25) is 0 Å². The van der Waals surface area contributed by atoms with Crippen LogP contribution in [-0.2, 0) is 19.2 Å². The van der Waals surface area contributed by atoms with E-state index in [-0.39, 0.29) is 34.7 Å². The Hall–Kier alpha value is -3.72. The molecule has 2 rings (SSSR count). The number of primary amides is 1. The number of amides is 4. The highest BCUT2D eigenvalue weighted by Crippen LogP contribution is 2.28. The predicted molar refractivity (Wildman–Crippen MR) is 128 cm³/mol. The van der Waals surface area contributed by atoms with Gasteiger partial charge in [0.2, 0.25) is 17.7 Å². The average Bonchev–Trinajstić information content (AvgIpc) is 2.82. The van der Waals surface area contributed by atoms with Crippen molar-refractivity contribution in [3.05, 3.63) is 33.9 Å². The number of carbonyl (C=O) groups excluding carboxylic acids is 4. The highest BCUT2D eigenvalue weighted by atomic mass is 32.2. The van der Waals surface area contributed by atoms with Crippen molar-refractivity contribution < 1.29 is 34.0 Å². The van der Waals surface area contributed by atoms with E-state index in [9.17, 15) is 34.1 Å². The molecule has 196 valence electrons. The van der Waals surface area contributed by atoms with Crippen molar-refractivity contribution in [1.82, 2.24) is 16.0 Å². The molecule has 1 heterocycles.